The molecule has 1 fully saturated rings. The molecule has 27 heavy (non-hydrogen) atoms. The van der Waals surface area contributed by atoms with Crippen LogP contribution < -0.4 is 4.90 Å². The lowest BCUT2D eigenvalue weighted by Gasteiger charge is -2.29. The van der Waals surface area contributed by atoms with Crippen LogP contribution in [0.25, 0.3) is 0 Å². The molecule has 142 valence electrons. The number of hydrogen-bond acceptors (Lipinski definition) is 2. The molecule has 0 N–H and O–H groups in total. The summed E-state index contributed by atoms with van der Waals surface area (Å²) in [6.07, 6.45) is 1.25. The summed E-state index contributed by atoms with van der Waals surface area (Å²) in [5, 5.41) is 0. The first-order valence-electron chi connectivity index (χ1n) is 9.73. The van der Waals surface area contributed by atoms with E-state index in [1.165, 1.54) is 5.56 Å². The van der Waals surface area contributed by atoms with Gasteiger partial charge in [-0.15, -0.1) is 0 Å². The van der Waals surface area contributed by atoms with Gasteiger partial charge in [0.1, 0.15) is 0 Å². The quantitative estimate of drug-likeness (QED) is 0.776. The van der Waals surface area contributed by atoms with Crippen molar-refractivity contribution in [2.75, 3.05) is 11.4 Å². The third-order valence-electron chi connectivity index (χ3n) is 5.23. The van der Waals surface area contributed by atoms with Gasteiger partial charge >= 0.3 is 0 Å². The number of aryl methyl sites for hydroxylation is 1. The molecule has 0 aliphatic carbocycles. The Kier molecular flexibility index (Phi) is 5.94. The number of carbonyl (C=O) groups is 2. The first-order valence-corrected chi connectivity index (χ1v) is 9.73. The van der Waals surface area contributed by atoms with Gasteiger partial charge in [0.2, 0.25) is 11.8 Å². The molecule has 0 unspecified atom stereocenters. The Bertz CT molecular complexity index is 784. The van der Waals surface area contributed by atoms with Crippen LogP contribution in [0.2, 0.25) is 0 Å². The van der Waals surface area contributed by atoms with Crippen molar-refractivity contribution in [1.82, 2.24) is 4.90 Å². The van der Waals surface area contributed by atoms with E-state index in [4.69, 9.17) is 0 Å². The van der Waals surface area contributed by atoms with Gasteiger partial charge in [-0.1, -0.05) is 49.4 Å². The molecule has 0 bridgehead atoms. The van der Waals surface area contributed by atoms with E-state index in [1.54, 1.807) is 4.90 Å². The molecule has 4 nitrogen and oxygen atoms in total. The summed E-state index contributed by atoms with van der Waals surface area (Å²) in [4.78, 5) is 29.4. The average molecular weight is 364 g/mol. The van der Waals surface area contributed by atoms with Gasteiger partial charge in [0.25, 0.3) is 0 Å². The zero-order valence-electron chi connectivity index (χ0n) is 16.4. The molecule has 0 spiro atoms. The lowest BCUT2D eigenvalue weighted by atomic mass is 10.1. The number of hydrogen-bond donors (Lipinski definition) is 0. The summed E-state index contributed by atoms with van der Waals surface area (Å²) in [6, 6.07) is 18.2. The van der Waals surface area contributed by atoms with Crippen LogP contribution in [0.1, 0.15) is 38.3 Å². The molecule has 2 aromatic carbocycles. The number of amides is 2. The Hall–Kier alpha value is -2.62. The molecule has 0 aromatic heterocycles. The van der Waals surface area contributed by atoms with Crippen LogP contribution >= 0.6 is 0 Å². The Balaban J connectivity index is 1.72. The first-order chi connectivity index (χ1) is 13.0. The summed E-state index contributed by atoms with van der Waals surface area (Å²) in [7, 11) is 0. The second-order valence-corrected chi connectivity index (χ2v) is 7.47. The summed E-state index contributed by atoms with van der Waals surface area (Å²) in [6.45, 7) is 7.20. The topological polar surface area (TPSA) is 40.6 Å². The highest BCUT2D eigenvalue weighted by Crippen LogP contribution is 2.27. The molecule has 0 radical (unpaired) electrons. The van der Waals surface area contributed by atoms with Crippen molar-refractivity contribution in [1.29, 1.82) is 0 Å². The molecule has 1 atom stereocenters. The van der Waals surface area contributed by atoms with Crippen molar-refractivity contribution in [3.63, 3.8) is 0 Å². The van der Waals surface area contributed by atoms with E-state index in [0.717, 1.165) is 17.7 Å². The predicted octanol–water partition coefficient (Wildman–Crippen LogP) is 4.04. The number of anilines is 1. The Morgan fingerprint density at radius 1 is 1.07 bits per heavy atom. The van der Waals surface area contributed by atoms with Crippen molar-refractivity contribution in [2.24, 2.45) is 5.92 Å². The maximum atomic E-state index is 13.2. The number of benzene rings is 2. The fourth-order valence-corrected chi connectivity index (χ4v) is 3.56. The zero-order valence-corrected chi connectivity index (χ0v) is 16.4. The molecule has 1 saturated heterocycles. The second kappa shape index (κ2) is 8.38. The predicted molar refractivity (Wildman–Crippen MR) is 108 cm³/mol. The largest absolute Gasteiger partial charge is 0.336 e. The van der Waals surface area contributed by atoms with E-state index in [1.807, 2.05) is 73.3 Å². The molecular formula is C23H28N2O2. The molecule has 1 aliphatic rings. The highest BCUT2D eigenvalue weighted by molar-refractivity contribution is 6.00. The number of carbonyl (C=O) groups excluding carboxylic acids is 2. The maximum absolute atomic E-state index is 13.2. The van der Waals surface area contributed by atoms with Crippen LogP contribution in [0.3, 0.4) is 0 Å². The van der Waals surface area contributed by atoms with E-state index < -0.39 is 0 Å². The first kappa shape index (κ1) is 19.2. The van der Waals surface area contributed by atoms with Crippen molar-refractivity contribution in [3.05, 3.63) is 65.7 Å². The summed E-state index contributed by atoms with van der Waals surface area (Å²) >= 11 is 0. The molecule has 1 heterocycles. The van der Waals surface area contributed by atoms with Crippen LogP contribution in [-0.4, -0.2) is 29.3 Å². The molecule has 0 saturated carbocycles. The molecule has 4 heteroatoms. The molecule has 2 amide bonds. The van der Waals surface area contributed by atoms with Gasteiger partial charge in [0, 0.05) is 31.2 Å². The fourth-order valence-electron chi connectivity index (χ4n) is 3.56. The minimum atomic E-state index is -0.283. The second-order valence-electron chi connectivity index (χ2n) is 7.47. The van der Waals surface area contributed by atoms with E-state index in [0.29, 0.717) is 13.1 Å². The van der Waals surface area contributed by atoms with Crippen LogP contribution in [-0.2, 0) is 22.6 Å². The maximum Gasteiger partial charge on any atom is 0.228 e. The van der Waals surface area contributed by atoms with Crippen LogP contribution in [0.5, 0.6) is 0 Å². The fraction of sp³-hybridized carbons (Fsp3) is 0.391. The van der Waals surface area contributed by atoms with Crippen molar-refractivity contribution in [2.45, 2.75) is 46.2 Å². The zero-order chi connectivity index (χ0) is 19.4. The minimum absolute atomic E-state index is 0.0287. The van der Waals surface area contributed by atoms with Crippen LogP contribution in [0.4, 0.5) is 5.69 Å². The van der Waals surface area contributed by atoms with Crippen molar-refractivity contribution in [3.8, 4) is 0 Å². The highest BCUT2D eigenvalue weighted by Gasteiger charge is 2.37. The summed E-state index contributed by atoms with van der Waals surface area (Å²) in [5.41, 5.74) is 3.23. The number of rotatable bonds is 6. The van der Waals surface area contributed by atoms with E-state index in [9.17, 15) is 9.59 Å². The van der Waals surface area contributed by atoms with Gasteiger partial charge in [-0.2, -0.15) is 0 Å². The molecule has 2 aromatic rings. The van der Waals surface area contributed by atoms with Crippen molar-refractivity contribution >= 4 is 17.5 Å². The standard InChI is InChI=1S/C23H28N2O2/c1-4-18-10-12-21(13-11-18)25-16-20(14-22(25)26)23(27)24(17(2)3)15-19-8-6-5-7-9-19/h5-13,17,20H,4,14-16H2,1-3H3/t20-/m0/s1. The van der Waals surface area contributed by atoms with Crippen molar-refractivity contribution < 1.29 is 9.59 Å². The number of nitrogens with zero attached hydrogens (tertiary/aromatic N) is 2. The Morgan fingerprint density at radius 3 is 2.33 bits per heavy atom. The average Bonchev–Trinajstić information content (AvgIpc) is 3.08. The summed E-state index contributed by atoms with van der Waals surface area (Å²) < 4.78 is 0. The van der Waals surface area contributed by atoms with Crippen LogP contribution in [0.15, 0.2) is 54.6 Å². The van der Waals surface area contributed by atoms with Gasteiger partial charge < -0.3 is 9.80 Å². The molecule has 1 aliphatic heterocycles. The Morgan fingerprint density at radius 2 is 1.74 bits per heavy atom. The normalized spacial score (nSPS) is 16.8. The van der Waals surface area contributed by atoms with Gasteiger partial charge in [0.05, 0.1) is 5.92 Å². The van der Waals surface area contributed by atoms with E-state index >= 15 is 0 Å². The monoisotopic (exact) mass is 364 g/mol. The smallest absolute Gasteiger partial charge is 0.228 e. The lowest BCUT2D eigenvalue weighted by Crippen LogP contribution is -2.41. The van der Waals surface area contributed by atoms with E-state index in [2.05, 4.69) is 6.92 Å². The van der Waals surface area contributed by atoms with Gasteiger partial charge in [0.15, 0.2) is 0 Å². The molecule has 3 rings (SSSR count). The molecular weight excluding hydrogens is 336 g/mol. The highest BCUT2D eigenvalue weighted by atomic mass is 16.2. The van der Waals surface area contributed by atoms with E-state index in [-0.39, 0.29) is 30.2 Å². The van der Waals surface area contributed by atoms with Gasteiger partial charge in [-0.3, -0.25) is 9.59 Å². The SMILES string of the molecule is CCc1ccc(N2C[C@@H](C(=O)N(Cc3ccccc3)C(C)C)CC2=O)cc1. The minimum Gasteiger partial charge on any atom is -0.336 e. The third-order valence-corrected chi connectivity index (χ3v) is 5.23. The van der Waals surface area contributed by atoms with Gasteiger partial charge in [-0.05, 0) is 43.5 Å². The summed E-state index contributed by atoms with van der Waals surface area (Å²) in [5.74, 6) is -0.189. The third kappa shape index (κ3) is 4.38. The van der Waals surface area contributed by atoms with Gasteiger partial charge in [-0.25, -0.2) is 0 Å². The lowest BCUT2D eigenvalue weighted by molar-refractivity contribution is -0.138. The van der Waals surface area contributed by atoms with Crippen LogP contribution in [0, 0.1) is 5.92 Å². The Labute approximate surface area is 161 Å².